The molecule has 0 radical (unpaired) electrons. The molecule has 0 aliphatic heterocycles. The third kappa shape index (κ3) is 6.32. The lowest BCUT2D eigenvalue weighted by Gasteiger charge is -2.17. The van der Waals surface area contributed by atoms with E-state index in [-0.39, 0.29) is 30.8 Å². The molecule has 1 aromatic rings. The van der Waals surface area contributed by atoms with E-state index in [1.165, 1.54) is 12.8 Å². The van der Waals surface area contributed by atoms with Gasteiger partial charge < -0.3 is 24.8 Å². The van der Waals surface area contributed by atoms with Crippen molar-refractivity contribution in [1.29, 1.82) is 0 Å². The van der Waals surface area contributed by atoms with E-state index in [0.29, 0.717) is 42.6 Å². The predicted octanol–water partition coefficient (Wildman–Crippen LogP) is 3.06. The van der Waals surface area contributed by atoms with E-state index in [2.05, 4.69) is 10.6 Å². The Balaban J connectivity index is 1.99. The van der Waals surface area contributed by atoms with Crippen LogP contribution in [0, 0.1) is 0 Å². The van der Waals surface area contributed by atoms with Gasteiger partial charge in [0.25, 0.3) is 5.91 Å². The Kier molecular flexibility index (Phi) is 8.91. The maximum Gasteiger partial charge on any atom is 0.251 e. The van der Waals surface area contributed by atoms with Crippen molar-refractivity contribution < 1.29 is 23.8 Å². The summed E-state index contributed by atoms with van der Waals surface area (Å²) in [6, 6.07) is 3.58. The molecule has 2 N–H and O–H groups in total. The van der Waals surface area contributed by atoms with Gasteiger partial charge >= 0.3 is 0 Å². The molecule has 1 fully saturated rings. The van der Waals surface area contributed by atoms with Crippen LogP contribution in [-0.4, -0.2) is 44.2 Å². The van der Waals surface area contributed by atoms with E-state index in [1.807, 2.05) is 20.8 Å². The standard InChI is InChI=1S/C21H32N2O5/c1-4-26-17-13-15(14-18(27-5-2)20(17)28-6-3)21(25)22-12-11-19(24)23-16-9-7-8-10-16/h13-14,16H,4-12H2,1-3H3,(H,22,25)(H,23,24). The summed E-state index contributed by atoms with van der Waals surface area (Å²) in [6.45, 7) is 7.23. The Bertz CT molecular complexity index is 629. The van der Waals surface area contributed by atoms with Crippen molar-refractivity contribution in [1.82, 2.24) is 10.6 Å². The molecule has 0 spiro atoms. The highest BCUT2D eigenvalue weighted by Crippen LogP contribution is 2.39. The van der Waals surface area contributed by atoms with E-state index in [1.54, 1.807) is 12.1 Å². The van der Waals surface area contributed by atoms with Gasteiger partial charge in [-0.25, -0.2) is 0 Å². The number of hydrogen-bond acceptors (Lipinski definition) is 5. The average Bonchev–Trinajstić information content (AvgIpc) is 3.17. The number of benzene rings is 1. The zero-order valence-electron chi connectivity index (χ0n) is 17.1. The van der Waals surface area contributed by atoms with Crippen LogP contribution in [-0.2, 0) is 4.79 Å². The van der Waals surface area contributed by atoms with Crippen LogP contribution in [0.15, 0.2) is 12.1 Å². The second kappa shape index (κ2) is 11.4. The van der Waals surface area contributed by atoms with Crippen molar-refractivity contribution in [3.63, 3.8) is 0 Å². The van der Waals surface area contributed by atoms with Crippen LogP contribution in [0.2, 0.25) is 0 Å². The van der Waals surface area contributed by atoms with Crippen LogP contribution in [0.1, 0.15) is 63.2 Å². The number of carbonyl (C=O) groups excluding carboxylic acids is 2. The second-order valence-corrected chi connectivity index (χ2v) is 6.66. The first-order chi connectivity index (χ1) is 13.6. The van der Waals surface area contributed by atoms with Crippen molar-refractivity contribution in [3.05, 3.63) is 17.7 Å². The van der Waals surface area contributed by atoms with Gasteiger partial charge in [0.05, 0.1) is 19.8 Å². The van der Waals surface area contributed by atoms with Gasteiger partial charge in [0.1, 0.15) is 0 Å². The summed E-state index contributed by atoms with van der Waals surface area (Å²) in [5.41, 5.74) is 0.409. The molecule has 1 aliphatic rings. The molecule has 28 heavy (non-hydrogen) atoms. The largest absolute Gasteiger partial charge is 0.490 e. The third-order valence-corrected chi connectivity index (χ3v) is 4.53. The van der Waals surface area contributed by atoms with Gasteiger partial charge in [0, 0.05) is 24.6 Å². The fourth-order valence-corrected chi connectivity index (χ4v) is 3.28. The number of carbonyl (C=O) groups is 2. The topological polar surface area (TPSA) is 85.9 Å². The lowest BCUT2D eigenvalue weighted by Crippen LogP contribution is -2.35. The Morgan fingerprint density at radius 3 is 2.07 bits per heavy atom. The summed E-state index contributed by atoms with van der Waals surface area (Å²) < 4.78 is 16.9. The summed E-state index contributed by atoms with van der Waals surface area (Å²) in [5.74, 6) is 1.14. The van der Waals surface area contributed by atoms with Crippen LogP contribution < -0.4 is 24.8 Å². The molecule has 0 saturated heterocycles. The Hall–Kier alpha value is -2.44. The summed E-state index contributed by atoms with van der Waals surface area (Å²) in [5, 5.41) is 5.81. The van der Waals surface area contributed by atoms with Crippen LogP contribution in [0.25, 0.3) is 0 Å². The summed E-state index contributed by atoms with van der Waals surface area (Å²) in [7, 11) is 0. The number of nitrogens with one attached hydrogen (secondary N) is 2. The highest BCUT2D eigenvalue weighted by atomic mass is 16.5. The molecule has 0 aromatic heterocycles. The molecule has 1 saturated carbocycles. The molecule has 7 nitrogen and oxygen atoms in total. The zero-order chi connectivity index (χ0) is 20.4. The van der Waals surface area contributed by atoms with Crippen molar-refractivity contribution in [2.75, 3.05) is 26.4 Å². The molecule has 0 heterocycles. The number of ether oxygens (including phenoxy) is 3. The molecule has 0 unspecified atom stereocenters. The first-order valence-corrected chi connectivity index (χ1v) is 10.2. The molecule has 1 aliphatic carbocycles. The summed E-state index contributed by atoms with van der Waals surface area (Å²) in [6.07, 6.45) is 4.69. The third-order valence-electron chi connectivity index (χ3n) is 4.53. The smallest absolute Gasteiger partial charge is 0.251 e. The van der Waals surface area contributed by atoms with E-state index in [4.69, 9.17) is 14.2 Å². The first-order valence-electron chi connectivity index (χ1n) is 10.2. The molecular weight excluding hydrogens is 360 g/mol. The van der Waals surface area contributed by atoms with Crippen molar-refractivity contribution >= 4 is 11.8 Å². The molecule has 1 aromatic carbocycles. The Morgan fingerprint density at radius 2 is 1.54 bits per heavy atom. The van der Waals surface area contributed by atoms with Gasteiger partial charge in [-0.05, 0) is 45.7 Å². The zero-order valence-corrected chi connectivity index (χ0v) is 17.1. The molecule has 0 atom stereocenters. The van der Waals surface area contributed by atoms with E-state index >= 15 is 0 Å². The van der Waals surface area contributed by atoms with Gasteiger partial charge in [-0.1, -0.05) is 12.8 Å². The van der Waals surface area contributed by atoms with Crippen molar-refractivity contribution in [2.45, 2.75) is 58.9 Å². The van der Waals surface area contributed by atoms with E-state index in [0.717, 1.165) is 12.8 Å². The number of hydrogen-bond donors (Lipinski definition) is 2. The van der Waals surface area contributed by atoms with Crippen molar-refractivity contribution in [3.8, 4) is 17.2 Å². The maximum absolute atomic E-state index is 12.6. The molecule has 156 valence electrons. The van der Waals surface area contributed by atoms with Gasteiger partial charge in [0.2, 0.25) is 11.7 Å². The van der Waals surface area contributed by atoms with Crippen LogP contribution in [0.3, 0.4) is 0 Å². The van der Waals surface area contributed by atoms with Crippen molar-refractivity contribution in [2.24, 2.45) is 0 Å². The van der Waals surface area contributed by atoms with Crippen LogP contribution in [0.4, 0.5) is 0 Å². The van der Waals surface area contributed by atoms with Gasteiger partial charge in [-0.3, -0.25) is 9.59 Å². The fourth-order valence-electron chi connectivity index (χ4n) is 3.28. The van der Waals surface area contributed by atoms with Gasteiger partial charge in [0.15, 0.2) is 11.5 Å². The molecular formula is C21H32N2O5. The van der Waals surface area contributed by atoms with Crippen LogP contribution >= 0.6 is 0 Å². The average molecular weight is 392 g/mol. The first kappa shape index (κ1) is 21.9. The Labute approximate surface area is 167 Å². The lowest BCUT2D eigenvalue weighted by atomic mass is 10.1. The summed E-state index contributed by atoms with van der Waals surface area (Å²) in [4.78, 5) is 24.6. The highest BCUT2D eigenvalue weighted by Gasteiger charge is 2.19. The molecule has 2 amide bonds. The predicted molar refractivity (Wildman–Crippen MR) is 107 cm³/mol. The molecule has 0 bridgehead atoms. The van der Waals surface area contributed by atoms with E-state index in [9.17, 15) is 9.59 Å². The minimum atomic E-state index is -0.279. The maximum atomic E-state index is 12.6. The Morgan fingerprint density at radius 1 is 0.964 bits per heavy atom. The number of amides is 2. The summed E-state index contributed by atoms with van der Waals surface area (Å²) >= 11 is 0. The minimum absolute atomic E-state index is 0.0242. The monoisotopic (exact) mass is 392 g/mol. The second-order valence-electron chi connectivity index (χ2n) is 6.66. The lowest BCUT2D eigenvalue weighted by molar-refractivity contribution is -0.121. The van der Waals surface area contributed by atoms with Crippen LogP contribution in [0.5, 0.6) is 17.2 Å². The fraction of sp³-hybridized carbons (Fsp3) is 0.619. The molecule has 7 heteroatoms. The quantitative estimate of drug-likeness (QED) is 0.604. The van der Waals surface area contributed by atoms with E-state index < -0.39 is 0 Å². The van der Waals surface area contributed by atoms with Gasteiger partial charge in [-0.15, -0.1) is 0 Å². The minimum Gasteiger partial charge on any atom is -0.490 e. The SMILES string of the molecule is CCOc1cc(C(=O)NCCC(=O)NC2CCCC2)cc(OCC)c1OCC. The van der Waals surface area contributed by atoms with Gasteiger partial charge in [-0.2, -0.15) is 0 Å². The normalized spacial score (nSPS) is 13.8. The number of rotatable bonds is 11. The highest BCUT2D eigenvalue weighted by molar-refractivity contribution is 5.95. The molecule has 2 rings (SSSR count).